The highest BCUT2D eigenvalue weighted by molar-refractivity contribution is 6.07. The molecule has 3 amide bonds. The van der Waals surface area contributed by atoms with Crippen molar-refractivity contribution >= 4 is 11.9 Å². The van der Waals surface area contributed by atoms with Gasteiger partial charge in [0.25, 0.3) is 5.91 Å². The van der Waals surface area contributed by atoms with E-state index in [1.807, 2.05) is 0 Å². The Morgan fingerprint density at radius 2 is 1.79 bits per heavy atom. The fourth-order valence-corrected chi connectivity index (χ4v) is 3.19. The van der Waals surface area contributed by atoms with Crippen LogP contribution in [0.4, 0.5) is 13.6 Å². The van der Waals surface area contributed by atoms with E-state index in [0.29, 0.717) is 16.9 Å². The van der Waals surface area contributed by atoms with Crippen LogP contribution in [0.2, 0.25) is 0 Å². The lowest BCUT2D eigenvalue weighted by atomic mass is 9.92. The molecule has 1 aliphatic heterocycles. The number of amides is 3. The van der Waals surface area contributed by atoms with Gasteiger partial charge >= 0.3 is 6.03 Å². The zero-order valence-electron chi connectivity index (χ0n) is 14.9. The van der Waals surface area contributed by atoms with Crippen LogP contribution in [0.1, 0.15) is 18.2 Å². The minimum absolute atomic E-state index is 0.0379. The van der Waals surface area contributed by atoms with Crippen LogP contribution in [0.25, 0.3) is 5.69 Å². The molecule has 0 radical (unpaired) electrons. The van der Waals surface area contributed by atoms with Gasteiger partial charge in [0.1, 0.15) is 17.2 Å². The summed E-state index contributed by atoms with van der Waals surface area (Å²) in [6.07, 6.45) is 1.63. The van der Waals surface area contributed by atoms with E-state index in [1.165, 1.54) is 41.1 Å². The number of benzene rings is 2. The molecule has 8 heteroatoms. The monoisotopic (exact) mass is 382 g/mol. The van der Waals surface area contributed by atoms with E-state index < -0.39 is 29.1 Å². The van der Waals surface area contributed by atoms with Crippen LogP contribution in [-0.4, -0.2) is 26.6 Å². The maximum absolute atomic E-state index is 13.4. The van der Waals surface area contributed by atoms with Gasteiger partial charge < -0.3 is 5.32 Å². The van der Waals surface area contributed by atoms with Crippen molar-refractivity contribution in [2.24, 2.45) is 0 Å². The van der Waals surface area contributed by atoms with E-state index in [-0.39, 0.29) is 6.54 Å². The number of hydrogen-bond acceptors (Lipinski definition) is 3. The van der Waals surface area contributed by atoms with Crippen molar-refractivity contribution in [2.45, 2.75) is 19.0 Å². The Hall–Kier alpha value is -3.55. The van der Waals surface area contributed by atoms with Crippen LogP contribution in [0.15, 0.2) is 60.8 Å². The zero-order chi connectivity index (χ0) is 19.9. The summed E-state index contributed by atoms with van der Waals surface area (Å²) < 4.78 is 28.0. The Balaban J connectivity index is 1.56. The van der Waals surface area contributed by atoms with Gasteiger partial charge in [0, 0.05) is 6.20 Å². The van der Waals surface area contributed by atoms with Crippen molar-refractivity contribution in [3.8, 4) is 5.69 Å². The van der Waals surface area contributed by atoms with E-state index >= 15 is 0 Å². The van der Waals surface area contributed by atoms with Crippen molar-refractivity contribution in [1.82, 2.24) is 20.0 Å². The van der Waals surface area contributed by atoms with Gasteiger partial charge in [0.15, 0.2) is 0 Å². The lowest BCUT2D eigenvalue weighted by molar-refractivity contribution is -0.131. The zero-order valence-corrected chi connectivity index (χ0v) is 14.9. The topological polar surface area (TPSA) is 67.2 Å². The quantitative estimate of drug-likeness (QED) is 0.705. The Kier molecular flexibility index (Phi) is 4.18. The first-order valence-corrected chi connectivity index (χ1v) is 8.57. The molecular weight excluding hydrogens is 366 g/mol. The van der Waals surface area contributed by atoms with E-state index in [2.05, 4.69) is 10.4 Å². The molecule has 142 valence electrons. The fourth-order valence-electron chi connectivity index (χ4n) is 3.19. The third-order valence-electron chi connectivity index (χ3n) is 4.73. The SMILES string of the molecule is CC1(c2ccc(F)cc2)NC(=O)N(Cc2ccn(-c3cccc(F)c3)n2)C1=O. The fraction of sp³-hybridized carbons (Fsp3) is 0.150. The van der Waals surface area contributed by atoms with Crippen LogP contribution < -0.4 is 5.32 Å². The molecule has 2 aromatic carbocycles. The summed E-state index contributed by atoms with van der Waals surface area (Å²) in [5.74, 6) is -1.27. The van der Waals surface area contributed by atoms with E-state index in [4.69, 9.17) is 0 Å². The molecule has 0 spiro atoms. The molecule has 1 saturated heterocycles. The Bertz CT molecular complexity index is 1060. The van der Waals surface area contributed by atoms with Gasteiger partial charge in [-0.25, -0.2) is 18.3 Å². The van der Waals surface area contributed by atoms with Crippen molar-refractivity contribution in [2.75, 3.05) is 0 Å². The molecule has 1 unspecified atom stereocenters. The van der Waals surface area contributed by atoms with Crippen LogP contribution in [0.5, 0.6) is 0 Å². The van der Waals surface area contributed by atoms with E-state index in [0.717, 1.165) is 4.90 Å². The first-order chi connectivity index (χ1) is 13.4. The molecule has 3 aromatic rings. The number of imide groups is 1. The summed E-state index contributed by atoms with van der Waals surface area (Å²) in [6.45, 7) is 1.54. The van der Waals surface area contributed by atoms with Crippen LogP contribution >= 0.6 is 0 Å². The van der Waals surface area contributed by atoms with Gasteiger partial charge in [-0.3, -0.25) is 9.69 Å². The molecule has 0 aliphatic carbocycles. The van der Waals surface area contributed by atoms with Gasteiger partial charge in [0.2, 0.25) is 0 Å². The molecule has 0 saturated carbocycles. The lowest BCUT2D eigenvalue weighted by Gasteiger charge is -2.22. The number of nitrogens with zero attached hydrogens (tertiary/aromatic N) is 3. The number of urea groups is 1. The number of rotatable bonds is 4. The number of carbonyl (C=O) groups is 2. The predicted octanol–water partition coefficient (Wildman–Crippen LogP) is 3.12. The number of halogens is 2. The Morgan fingerprint density at radius 3 is 2.50 bits per heavy atom. The Labute approximate surface area is 159 Å². The number of carbonyl (C=O) groups excluding carboxylic acids is 2. The standard InChI is InChI=1S/C20H16F2N4O2/c1-20(13-5-7-14(21)8-6-13)18(27)25(19(28)23-20)12-16-9-10-26(24-16)17-4-2-3-15(22)11-17/h2-11H,12H2,1H3,(H,23,28). The maximum Gasteiger partial charge on any atom is 0.325 e. The summed E-state index contributed by atoms with van der Waals surface area (Å²) in [7, 11) is 0. The second kappa shape index (κ2) is 6.56. The maximum atomic E-state index is 13.4. The third kappa shape index (κ3) is 3.02. The summed E-state index contributed by atoms with van der Waals surface area (Å²) >= 11 is 0. The van der Waals surface area contributed by atoms with E-state index in [9.17, 15) is 18.4 Å². The smallest absolute Gasteiger partial charge is 0.319 e. The first kappa shape index (κ1) is 17.8. The van der Waals surface area contributed by atoms with Gasteiger partial charge in [-0.05, 0) is 48.9 Å². The molecular formula is C20H16F2N4O2. The molecule has 1 atom stereocenters. The molecule has 1 fully saturated rings. The van der Waals surface area contributed by atoms with Gasteiger partial charge in [-0.15, -0.1) is 0 Å². The highest BCUT2D eigenvalue weighted by Gasteiger charge is 2.49. The van der Waals surface area contributed by atoms with Gasteiger partial charge in [-0.2, -0.15) is 5.10 Å². The third-order valence-corrected chi connectivity index (χ3v) is 4.73. The van der Waals surface area contributed by atoms with Crippen LogP contribution in [0, 0.1) is 11.6 Å². The largest absolute Gasteiger partial charge is 0.325 e. The van der Waals surface area contributed by atoms with Crippen molar-refractivity contribution < 1.29 is 18.4 Å². The average molecular weight is 382 g/mol. The second-order valence-electron chi connectivity index (χ2n) is 6.68. The predicted molar refractivity (Wildman–Crippen MR) is 96.4 cm³/mol. The lowest BCUT2D eigenvalue weighted by Crippen LogP contribution is -2.40. The molecule has 1 aliphatic rings. The molecule has 1 N–H and O–H groups in total. The van der Waals surface area contributed by atoms with Crippen molar-refractivity contribution in [1.29, 1.82) is 0 Å². The van der Waals surface area contributed by atoms with Gasteiger partial charge in [0.05, 0.1) is 17.9 Å². The van der Waals surface area contributed by atoms with Crippen LogP contribution in [-0.2, 0) is 16.9 Å². The minimum Gasteiger partial charge on any atom is -0.319 e. The highest BCUT2D eigenvalue weighted by Crippen LogP contribution is 2.29. The normalized spacial score (nSPS) is 19.2. The molecule has 6 nitrogen and oxygen atoms in total. The number of nitrogens with one attached hydrogen (secondary N) is 1. The molecule has 2 heterocycles. The molecule has 4 rings (SSSR count). The summed E-state index contributed by atoms with van der Waals surface area (Å²) in [4.78, 5) is 26.4. The first-order valence-electron chi connectivity index (χ1n) is 8.57. The van der Waals surface area contributed by atoms with Crippen LogP contribution in [0.3, 0.4) is 0 Å². The van der Waals surface area contributed by atoms with E-state index in [1.54, 1.807) is 31.3 Å². The molecule has 0 bridgehead atoms. The second-order valence-corrected chi connectivity index (χ2v) is 6.68. The average Bonchev–Trinajstić information content (AvgIpc) is 3.22. The molecule has 1 aromatic heterocycles. The summed E-state index contributed by atoms with van der Waals surface area (Å²) in [6, 6.07) is 12.4. The Morgan fingerprint density at radius 1 is 1.04 bits per heavy atom. The van der Waals surface area contributed by atoms with Crippen molar-refractivity contribution in [3.63, 3.8) is 0 Å². The number of aromatic nitrogens is 2. The minimum atomic E-state index is -1.28. The summed E-state index contributed by atoms with van der Waals surface area (Å²) in [5, 5.41) is 6.98. The number of hydrogen-bond donors (Lipinski definition) is 1. The molecule has 28 heavy (non-hydrogen) atoms. The summed E-state index contributed by atoms with van der Waals surface area (Å²) in [5.41, 5.74) is 0.200. The van der Waals surface area contributed by atoms with Gasteiger partial charge in [-0.1, -0.05) is 18.2 Å². The highest BCUT2D eigenvalue weighted by atomic mass is 19.1. The van der Waals surface area contributed by atoms with Crippen molar-refractivity contribution in [3.05, 3.63) is 83.7 Å².